The summed E-state index contributed by atoms with van der Waals surface area (Å²) in [7, 11) is 0. The molecule has 0 atom stereocenters. The van der Waals surface area contributed by atoms with Gasteiger partial charge in [-0.25, -0.2) is 4.98 Å². The maximum atomic E-state index is 11.9. The molecule has 3 heterocycles. The standard InChI is InChI=1S/C16H19BrN4O4/c1-11-19-14(21-5-8-23-9-6-21)10-15(20-11)24-7-4-18-16(22)12-2-3-13(17)25-12/h2-3,10H,4-9H2,1H3,(H,18,22). The van der Waals surface area contributed by atoms with Crippen LogP contribution in [0, 0.1) is 6.92 Å². The van der Waals surface area contributed by atoms with Gasteiger partial charge in [-0.3, -0.25) is 4.79 Å². The van der Waals surface area contributed by atoms with Crippen LogP contribution in [0.1, 0.15) is 16.4 Å². The molecule has 0 spiro atoms. The Bertz CT molecular complexity index is 731. The van der Waals surface area contributed by atoms with Gasteiger partial charge in [-0.05, 0) is 35.0 Å². The fourth-order valence-electron chi connectivity index (χ4n) is 2.40. The number of anilines is 1. The molecule has 9 heteroatoms. The molecule has 0 saturated carbocycles. The van der Waals surface area contributed by atoms with Gasteiger partial charge >= 0.3 is 0 Å². The Morgan fingerprint density at radius 2 is 2.16 bits per heavy atom. The predicted molar refractivity (Wildman–Crippen MR) is 94.0 cm³/mol. The van der Waals surface area contributed by atoms with Crippen LogP contribution < -0.4 is 15.0 Å². The van der Waals surface area contributed by atoms with Gasteiger partial charge in [0.15, 0.2) is 10.4 Å². The molecule has 0 bridgehead atoms. The van der Waals surface area contributed by atoms with Crippen LogP contribution in [0.4, 0.5) is 5.82 Å². The van der Waals surface area contributed by atoms with E-state index < -0.39 is 0 Å². The number of nitrogens with zero attached hydrogens (tertiary/aromatic N) is 3. The topological polar surface area (TPSA) is 89.7 Å². The zero-order valence-electron chi connectivity index (χ0n) is 13.8. The minimum Gasteiger partial charge on any atom is -0.476 e. The zero-order chi connectivity index (χ0) is 17.6. The molecule has 0 aromatic carbocycles. The highest BCUT2D eigenvalue weighted by Crippen LogP contribution is 2.18. The van der Waals surface area contributed by atoms with Crippen LogP contribution in [-0.2, 0) is 4.74 Å². The van der Waals surface area contributed by atoms with Crippen LogP contribution >= 0.6 is 15.9 Å². The van der Waals surface area contributed by atoms with Crippen LogP contribution in [0.25, 0.3) is 0 Å². The minimum atomic E-state index is -0.290. The number of hydrogen-bond acceptors (Lipinski definition) is 7. The first-order chi connectivity index (χ1) is 12.1. The van der Waals surface area contributed by atoms with Gasteiger partial charge in [0.2, 0.25) is 5.88 Å². The molecule has 2 aromatic heterocycles. The third-order valence-corrected chi connectivity index (χ3v) is 4.00. The molecule has 1 N–H and O–H groups in total. The first-order valence-corrected chi connectivity index (χ1v) is 8.76. The Hall–Kier alpha value is -2.13. The molecular weight excluding hydrogens is 392 g/mol. The Kier molecular flexibility index (Phi) is 5.87. The third kappa shape index (κ3) is 4.93. The zero-order valence-corrected chi connectivity index (χ0v) is 15.4. The second-order valence-electron chi connectivity index (χ2n) is 5.42. The summed E-state index contributed by atoms with van der Waals surface area (Å²) in [6, 6.07) is 5.08. The van der Waals surface area contributed by atoms with Crippen molar-refractivity contribution in [3.63, 3.8) is 0 Å². The second-order valence-corrected chi connectivity index (χ2v) is 6.20. The highest BCUT2D eigenvalue weighted by atomic mass is 79.9. The van der Waals surface area contributed by atoms with Gasteiger partial charge in [0, 0.05) is 19.2 Å². The van der Waals surface area contributed by atoms with E-state index in [0.29, 0.717) is 42.7 Å². The third-order valence-electron chi connectivity index (χ3n) is 3.57. The van der Waals surface area contributed by atoms with Crippen molar-refractivity contribution in [2.45, 2.75) is 6.92 Å². The number of hydrogen-bond donors (Lipinski definition) is 1. The van der Waals surface area contributed by atoms with Crippen LogP contribution in [0.3, 0.4) is 0 Å². The van der Waals surface area contributed by atoms with Crippen LogP contribution in [0.5, 0.6) is 5.88 Å². The largest absolute Gasteiger partial charge is 0.476 e. The maximum Gasteiger partial charge on any atom is 0.287 e. The van der Waals surface area contributed by atoms with Crippen molar-refractivity contribution < 1.29 is 18.7 Å². The normalized spacial score (nSPS) is 14.4. The summed E-state index contributed by atoms with van der Waals surface area (Å²) < 4.78 is 16.7. The lowest BCUT2D eigenvalue weighted by atomic mass is 10.4. The molecule has 0 unspecified atom stereocenters. The molecule has 134 valence electrons. The van der Waals surface area contributed by atoms with E-state index >= 15 is 0 Å². The molecule has 0 aliphatic carbocycles. The molecule has 1 amide bonds. The highest BCUT2D eigenvalue weighted by Gasteiger charge is 2.15. The van der Waals surface area contributed by atoms with Gasteiger partial charge in [-0.2, -0.15) is 4.98 Å². The number of morpholine rings is 1. The Morgan fingerprint density at radius 3 is 2.88 bits per heavy atom. The summed E-state index contributed by atoms with van der Waals surface area (Å²) in [5, 5.41) is 2.73. The molecule has 1 aliphatic rings. The lowest BCUT2D eigenvalue weighted by molar-refractivity contribution is 0.0917. The van der Waals surface area contributed by atoms with Crippen LogP contribution in [-0.4, -0.2) is 55.3 Å². The molecule has 1 saturated heterocycles. The van der Waals surface area contributed by atoms with E-state index in [1.807, 2.05) is 13.0 Å². The van der Waals surface area contributed by atoms with E-state index in [0.717, 1.165) is 18.9 Å². The number of furan rings is 1. The van der Waals surface area contributed by atoms with Crippen molar-refractivity contribution in [1.82, 2.24) is 15.3 Å². The van der Waals surface area contributed by atoms with E-state index in [1.165, 1.54) is 0 Å². The van der Waals surface area contributed by atoms with E-state index in [9.17, 15) is 4.79 Å². The fourth-order valence-corrected chi connectivity index (χ4v) is 2.70. The fraction of sp³-hybridized carbons (Fsp3) is 0.438. The Morgan fingerprint density at radius 1 is 1.36 bits per heavy atom. The number of nitrogens with one attached hydrogen (secondary N) is 1. The summed E-state index contributed by atoms with van der Waals surface area (Å²) in [6.07, 6.45) is 0. The van der Waals surface area contributed by atoms with Crippen LogP contribution in [0.15, 0.2) is 27.3 Å². The minimum absolute atomic E-state index is 0.249. The number of carbonyl (C=O) groups is 1. The van der Waals surface area contributed by atoms with E-state index in [2.05, 4.69) is 36.1 Å². The van der Waals surface area contributed by atoms with Crippen molar-refractivity contribution in [3.8, 4) is 5.88 Å². The molecule has 8 nitrogen and oxygen atoms in total. The van der Waals surface area contributed by atoms with Crippen molar-refractivity contribution in [3.05, 3.63) is 34.5 Å². The number of amides is 1. The quantitative estimate of drug-likeness (QED) is 0.725. The highest BCUT2D eigenvalue weighted by molar-refractivity contribution is 9.10. The summed E-state index contributed by atoms with van der Waals surface area (Å²) in [4.78, 5) is 22.7. The van der Waals surface area contributed by atoms with Crippen molar-refractivity contribution >= 4 is 27.7 Å². The first-order valence-electron chi connectivity index (χ1n) is 7.96. The molecule has 25 heavy (non-hydrogen) atoms. The number of aryl methyl sites for hydroxylation is 1. The monoisotopic (exact) mass is 410 g/mol. The predicted octanol–water partition coefficient (Wildman–Crippen LogP) is 1.79. The second kappa shape index (κ2) is 8.30. The van der Waals surface area contributed by atoms with Crippen molar-refractivity contribution in [2.24, 2.45) is 0 Å². The van der Waals surface area contributed by atoms with Gasteiger partial charge in [-0.1, -0.05) is 0 Å². The average molecular weight is 411 g/mol. The molecule has 1 fully saturated rings. The van der Waals surface area contributed by atoms with E-state index in [4.69, 9.17) is 13.9 Å². The van der Waals surface area contributed by atoms with Crippen molar-refractivity contribution in [2.75, 3.05) is 44.4 Å². The van der Waals surface area contributed by atoms with E-state index in [1.54, 1.807) is 12.1 Å². The van der Waals surface area contributed by atoms with Crippen molar-refractivity contribution in [1.29, 1.82) is 0 Å². The lowest BCUT2D eigenvalue weighted by Crippen LogP contribution is -2.37. The molecular formula is C16H19BrN4O4. The molecule has 2 aromatic rings. The summed E-state index contributed by atoms with van der Waals surface area (Å²) in [5.74, 6) is 1.92. The smallest absolute Gasteiger partial charge is 0.287 e. The lowest BCUT2D eigenvalue weighted by Gasteiger charge is -2.28. The Labute approximate surface area is 153 Å². The maximum absolute atomic E-state index is 11.9. The molecule has 1 aliphatic heterocycles. The SMILES string of the molecule is Cc1nc(OCCNC(=O)c2ccc(Br)o2)cc(N2CCOCC2)n1. The van der Waals surface area contributed by atoms with E-state index in [-0.39, 0.29) is 11.7 Å². The van der Waals surface area contributed by atoms with Gasteiger partial charge in [-0.15, -0.1) is 0 Å². The number of carbonyl (C=O) groups excluding carboxylic acids is 1. The summed E-state index contributed by atoms with van der Waals surface area (Å²) >= 11 is 3.16. The molecule has 0 radical (unpaired) electrons. The number of aromatic nitrogens is 2. The van der Waals surface area contributed by atoms with Crippen LogP contribution in [0.2, 0.25) is 0 Å². The average Bonchev–Trinajstić information content (AvgIpc) is 3.05. The first kappa shape index (κ1) is 17.7. The van der Waals surface area contributed by atoms with Gasteiger partial charge in [0.1, 0.15) is 18.2 Å². The number of ether oxygens (including phenoxy) is 2. The van der Waals surface area contributed by atoms with Gasteiger partial charge < -0.3 is 24.1 Å². The Balaban J connectivity index is 1.51. The summed E-state index contributed by atoms with van der Waals surface area (Å²) in [5.41, 5.74) is 0. The summed E-state index contributed by atoms with van der Waals surface area (Å²) in [6.45, 7) is 5.44. The number of rotatable bonds is 6. The number of halogens is 1. The van der Waals surface area contributed by atoms with Gasteiger partial charge in [0.25, 0.3) is 5.91 Å². The van der Waals surface area contributed by atoms with Gasteiger partial charge in [0.05, 0.1) is 19.8 Å². The molecule has 3 rings (SSSR count).